The molecule has 0 radical (unpaired) electrons. The molecule has 3 aromatic rings. The highest BCUT2D eigenvalue weighted by atomic mass is 32.2. The van der Waals surface area contributed by atoms with E-state index in [1.54, 1.807) is 28.4 Å². The number of aromatic nitrogens is 2. The molecular weight excluding hydrogens is 268 g/mol. The molecule has 0 N–H and O–H groups in total. The Labute approximate surface area is 121 Å². The quantitative estimate of drug-likeness (QED) is 0.691. The van der Waals surface area contributed by atoms with Gasteiger partial charge < -0.3 is 0 Å². The number of benzene rings is 1. The van der Waals surface area contributed by atoms with Gasteiger partial charge in [-0.25, -0.2) is 4.98 Å². The van der Waals surface area contributed by atoms with Crippen LogP contribution in [0.4, 0.5) is 0 Å². The van der Waals surface area contributed by atoms with Crippen LogP contribution in [0.15, 0.2) is 64.4 Å². The van der Waals surface area contributed by atoms with E-state index in [1.807, 2.05) is 24.3 Å². The van der Waals surface area contributed by atoms with Crippen molar-refractivity contribution in [1.29, 1.82) is 0 Å². The summed E-state index contributed by atoms with van der Waals surface area (Å²) >= 11 is 1.69. The molecule has 2 heterocycles. The fourth-order valence-electron chi connectivity index (χ4n) is 2.04. The van der Waals surface area contributed by atoms with Gasteiger partial charge in [-0.3, -0.25) is 9.20 Å². The van der Waals surface area contributed by atoms with Gasteiger partial charge in [-0.2, -0.15) is 0 Å². The average Bonchev–Trinajstić information content (AvgIpc) is 2.45. The maximum absolute atomic E-state index is 12.0. The summed E-state index contributed by atoms with van der Waals surface area (Å²) in [5, 5.41) is 0. The van der Waals surface area contributed by atoms with Crippen LogP contribution in [0.25, 0.3) is 5.65 Å². The molecule has 0 aliphatic heterocycles. The van der Waals surface area contributed by atoms with E-state index in [0.29, 0.717) is 11.4 Å². The second kappa shape index (κ2) is 5.51. The smallest absolute Gasteiger partial charge is 0.258 e. The van der Waals surface area contributed by atoms with Gasteiger partial charge in [0.05, 0.1) is 5.69 Å². The minimum Gasteiger partial charge on any atom is -0.269 e. The van der Waals surface area contributed by atoms with E-state index in [-0.39, 0.29) is 5.56 Å². The SMILES string of the molecule is Cc1cccc(SCc2cc(=O)n3ccccc3n2)c1. The highest BCUT2D eigenvalue weighted by molar-refractivity contribution is 7.98. The Kier molecular flexibility index (Phi) is 3.56. The van der Waals surface area contributed by atoms with Crippen LogP contribution in [0.3, 0.4) is 0 Å². The van der Waals surface area contributed by atoms with E-state index < -0.39 is 0 Å². The Bertz CT molecular complexity index is 811. The highest BCUT2D eigenvalue weighted by Gasteiger charge is 2.03. The zero-order chi connectivity index (χ0) is 13.9. The van der Waals surface area contributed by atoms with Crippen LogP contribution in [0.5, 0.6) is 0 Å². The predicted molar refractivity (Wildman–Crippen MR) is 82.2 cm³/mol. The van der Waals surface area contributed by atoms with Crippen LogP contribution in [-0.2, 0) is 5.75 Å². The Morgan fingerprint density at radius 2 is 2.05 bits per heavy atom. The molecule has 20 heavy (non-hydrogen) atoms. The molecule has 3 rings (SSSR count). The lowest BCUT2D eigenvalue weighted by Gasteiger charge is -2.04. The summed E-state index contributed by atoms with van der Waals surface area (Å²) in [6, 6.07) is 15.5. The molecule has 0 saturated heterocycles. The maximum atomic E-state index is 12.0. The first-order valence-corrected chi connectivity index (χ1v) is 7.38. The Morgan fingerprint density at radius 1 is 1.15 bits per heavy atom. The molecule has 1 aromatic carbocycles. The summed E-state index contributed by atoms with van der Waals surface area (Å²) in [7, 11) is 0. The summed E-state index contributed by atoms with van der Waals surface area (Å²) in [5.41, 5.74) is 2.71. The highest BCUT2D eigenvalue weighted by Crippen LogP contribution is 2.22. The molecule has 2 aromatic heterocycles. The molecule has 0 amide bonds. The van der Waals surface area contributed by atoms with Gasteiger partial charge in [0.25, 0.3) is 5.56 Å². The van der Waals surface area contributed by atoms with Gasteiger partial charge in [-0.1, -0.05) is 23.8 Å². The van der Waals surface area contributed by atoms with Crippen molar-refractivity contribution in [3.8, 4) is 0 Å². The predicted octanol–water partition coefficient (Wildman–Crippen LogP) is 3.30. The van der Waals surface area contributed by atoms with E-state index in [1.165, 1.54) is 10.5 Å². The Balaban J connectivity index is 1.86. The summed E-state index contributed by atoms with van der Waals surface area (Å²) < 4.78 is 1.56. The van der Waals surface area contributed by atoms with Crippen molar-refractivity contribution < 1.29 is 0 Å². The van der Waals surface area contributed by atoms with Crippen LogP contribution < -0.4 is 5.56 Å². The number of nitrogens with zero attached hydrogens (tertiary/aromatic N) is 2. The molecule has 0 unspecified atom stereocenters. The van der Waals surface area contributed by atoms with Crippen molar-refractivity contribution in [1.82, 2.24) is 9.38 Å². The number of hydrogen-bond acceptors (Lipinski definition) is 3. The average molecular weight is 282 g/mol. The molecule has 0 fully saturated rings. The molecule has 0 spiro atoms. The van der Waals surface area contributed by atoms with Crippen molar-refractivity contribution in [2.75, 3.05) is 0 Å². The van der Waals surface area contributed by atoms with Gasteiger partial charge in [-0.05, 0) is 31.2 Å². The lowest BCUT2D eigenvalue weighted by molar-refractivity contribution is 1.01. The Hall–Kier alpha value is -2.07. The van der Waals surface area contributed by atoms with Crippen LogP contribution >= 0.6 is 11.8 Å². The Morgan fingerprint density at radius 3 is 2.90 bits per heavy atom. The van der Waals surface area contributed by atoms with E-state index in [9.17, 15) is 4.79 Å². The minimum absolute atomic E-state index is 0.0320. The van der Waals surface area contributed by atoms with Crippen molar-refractivity contribution in [2.45, 2.75) is 17.6 Å². The van der Waals surface area contributed by atoms with Crippen molar-refractivity contribution in [2.24, 2.45) is 0 Å². The molecule has 4 heteroatoms. The summed E-state index contributed by atoms with van der Waals surface area (Å²) in [6.07, 6.45) is 1.74. The monoisotopic (exact) mass is 282 g/mol. The summed E-state index contributed by atoms with van der Waals surface area (Å²) in [6.45, 7) is 2.07. The van der Waals surface area contributed by atoms with Gasteiger partial charge in [0.15, 0.2) is 0 Å². The third-order valence-electron chi connectivity index (χ3n) is 3.00. The first-order chi connectivity index (χ1) is 9.72. The number of thioether (sulfide) groups is 1. The number of pyridine rings is 1. The second-order valence-electron chi connectivity index (χ2n) is 4.62. The molecule has 0 atom stereocenters. The minimum atomic E-state index is -0.0320. The maximum Gasteiger partial charge on any atom is 0.258 e. The van der Waals surface area contributed by atoms with Gasteiger partial charge in [0.2, 0.25) is 0 Å². The molecular formula is C16H14N2OS. The lowest BCUT2D eigenvalue weighted by Crippen LogP contribution is -2.14. The third kappa shape index (κ3) is 2.75. The third-order valence-corrected chi connectivity index (χ3v) is 4.03. The van der Waals surface area contributed by atoms with Crippen LogP contribution in [0.1, 0.15) is 11.3 Å². The fraction of sp³-hybridized carbons (Fsp3) is 0.125. The van der Waals surface area contributed by atoms with E-state index in [4.69, 9.17) is 0 Å². The number of fused-ring (bicyclic) bond motifs is 1. The fourth-order valence-corrected chi connectivity index (χ4v) is 2.95. The molecule has 0 aliphatic carbocycles. The number of rotatable bonds is 3. The number of hydrogen-bond donors (Lipinski definition) is 0. The van der Waals surface area contributed by atoms with Crippen molar-refractivity contribution in [3.63, 3.8) is 0 Å². The van der Waals surface area contributed by atoms with E-state index >= 15 is 0 Å². The van der Waals surface area contributed by atoms with Gasteiger partial charge >= 0.3 is 0 Å². The normalized spacial score (nSPS) is 10.8. The van der Waals surface area contributed by atoms with Crippen molar-refractivity contribution >= 4 is 17.4 Å². The molecule has 100 valence electrons. The lowest BCUT2D eigenvalue weighted by atomic mass is 10.2. The second-order valence-corrected chi connectivity index (χ2v) is 5.67. The molecule has 3 nitrogen and oxygen atoms in total. The largest absolute Gasteiger partial charge is 0.269 e. The van der Waals surface area contributed by atoms with Crippen LogP contribution in [-0.4, -0.2) is 9.38 Å². The van der Waals surface area contributed by atoms with E-state index in [0.717, 1.165) is 5.69 Å². The van der Waals surface area contributed by atoms with Crippen LogP contribution in [0.2, 0.25) is 0 Å². The topological polar surface area (TPSA) is 34.4 Å². The summed E-state index contributed by atoms with van der Waals surface area (Å²) in [5.74, 6) is 0.698. The molecule has 0 saturated carbocycles. The van der Waals surface area contributed by atoms with Crippen LogP contribution in [0, 0.1) is 6.92 Å². The molecule has 0 aliphatic rings. The first kappa shape index (κ1) is 12.9. The van der Waals surface area contributed by atoms with Gasteiger partial charge in [0.1, 0.15) is 5.65 Å². The molecule has 0 bridgehead atoms. The van der Waals surface area contributed by atoms with E-state index in [2.05, 4.69) is 30.1 Å². The van der Waals surface area contributed by atoms with Crippen molar-refractivity contribution in [3.05, 3.63) is 76.3 Å². The first-order valence-electron chi connectivity index (χ1n) is 6.39. The van der Waals surface area contributed by atoms with Gasteiger partial charge in [-0.15, -0.1) is 11.8 Å². The zero-order valence-electron chi connectivity index (χ0n) is 11.1. The standard InChI is InChI=1S/C16H14N2OS/c1-12-5-4-6-14(9-12)20-11-13-10-16(19)18-8-3-2-7-15(18)17-13/h2-10H,11H2,1H3. The van der Waals surface area contributed by atoms with Gasteiger partial charge in [0, 0.05) is 22.9 Å². The summed E-state index contributed by atoms with van der Waals surface area (Å²) in [4.78, 5) is 17.7. The number of aryl methyl sites for hydroxylation is 1. The zero-order valence-corrected chi connectivity index (χ0v) is 11.9.